The zero-order valence-corrected chi connectivity index (χ0v) is 13.6. The largest absolute Gasteiger partial charge is 0.487 e. The lowest BCUT2D eigenvalue weighted by Crippen LogP contribution is -2.45. The number of aliphatic hydroxyl groups is 1. The maximum Gasteiger partial charge on any atom is 0.125 e. The molecule has 1 aromatic rings. The average molecular weight is 288 g/mol. The van der Waals surface area contributed by atoms with Gasteiger partial charge in [0.2, 0.25) is 0 Å². The fourth-order valence-electron chi connectivity index (χ4n) is 4.11. The van der Waals surface area contributed by atoms with Gasteiger partial charge in [-0.05, 0) is 43.1 Å². The summed E-state index contributed by atoms with van der Waals surface area (Å²) in [6.45, 7) is 7.07. The minimum atomic E-state index is -0.370. The van der Waals surface area contributed by atoms with Gasteiger partial charge in [0.15, 0.2) is 0 Å². The highest BCUT2D eigenvalue weighted by molar-refractivity contribution is 5.38. The van der Waals surface area contributed by atoms with Gasteiger partial charge in [0, 0.05) is 12.0 Å². The van der Waals surface area contributed by atoms with E-state index in [4.69, 9.17) is 4.74 Å². The fourth-order valence-corrected chi connectivity index (χ4v) is 4.11. The fraction of sp³-hybridized carbons (Fsp3) is 0.684. The second-order valence-corrected chi connectivity index (χ2v) is 7.66. The molecule has 1 fully saturated rings. The summed E-state index contributed by atoms with van der Waals surface area (Å²) in [5, 5.41) is 10.5. The van der Waals surface area contributed by atoms with Crippen LogP contribution in [0.2, 0.25) is 0 Å². The molecule has 0 radical (unpaired) electrons. The monoisotopic (exact) mass is 288 g/mol. The standard InChI is InChI=1S/C19H28O2/c1-4-18(2,3)14-9-11-19(12-10-14)13-16(20)15-7-5-6-8-17(15)21-19/h5-8,14,16,20H,4,9-13H2,1-3H3/t14?,16-,19?/m0/s1. The molecule has 1 N–H and O–H groups in total. The van der Waals surface area contributed by atoms with Gasteiger partial charge in [-0.1, -0.05) is 45.4 Å². The van der Waals surface area contributed by atoms with Crippen molar-refractivity contribution in [2.45, 2.75) is 71.0 Å². The Bertz CT molecular complexity index is 498. The highest BCUT2D eigenvalue weighted by Crippen LogP contribution is 2.50. The molecule has 0 unspecified atom stereocenters. The van der Waals surface area contributed by atoms with E-state index in [2.05, 4.69) is 20.8 Å². The number of aliphatic hydroxyl groups excluding tert-OH is 1. The number of hydrogen-bond donors (Lipinski definition) is 1. The summed E-state index contributed by atoms with van der Waals surface area (Å²) in [6.07, 6.45) is 6.20. The van der Waals surface area contributed by atoms with Gasteiger partial charge >= 0.3 is 0 Å². The molecule has 1 atom stereocenters. The van der Waals surface area contributed by atoms with E-state index in [1.54, 1.807) is 0 Å². The SMILES string of the molecule is CCC(C)(C)C1CCC2(CC1)C[C@H](O)c1ccccc1O2. The molecular formula is C19H28O2. The maximum atomic E-state index is 10.5. The van der Waals surface area contributed by atoms with Crippen LogP contribution in [0.4, 0.5) is 0 Å². The highest BCUT2D eigenvalue weighted by atomic mass is 16.5. The van der Waals surface area contributed by atoms with Crippen LogP contribution in [0.3, 0.4) is 0 Å². The van der Waals surface area contributed by atoms with E-state index in [-0.39, 0.29) is 11.7 Å². The van der Waals surface area contributed by atoms with Gasteiger partial charge in [0.1, 0.15) is 11.4 Å². The van der Waals surface area contributed by atoms with Crippen molar-refractivity contribution in [3.05, 3.63) is 29.8 Å². The predicted molar refractivity (Wildman–Crippen MR) is 85.4 cm³/mol. The average Bonchev–Trinajstić information content (AvgIpc) is 2.48. The third kappa shape index (κ3) is 2.70. The van der Waals surface area contributed by atoms with Gasteiger partial charge in [-0.25, -0.2) is 0 Å². The van der Waals surface area contributed by atoms with Gasteiger partial charge in [-0.3, -0.25) is 0 Å². The first kappa shape index (κ1) is 14.9. The van der Waals surface area contributed by atoms with Crippen molar-refractivity contribution in [3.63, 3.8) is 0 Å². The molecule has 2 heteroatoms. The predicted octanol–water partition coefficient (Wildman–Crippen LogP) is 4.87. The summed E-state index contributed by atoms with van der Waals surface area (Å²) >= 11 is 0. The lowest BCUT2D eigenvalue weighted by molar-refractivity contribution is -0.0582. The molecule has 0 bridgehead atoms. The zero-order valence-electron chi connectivity index (χ0n) is 13.6. The Balaban J connectivity index is 1.75. The highest BCUT2D eigenvalue weighted by Gasteiger charge is 2.45. The Hall–Kier alpha value is -1.02. The molecule has 3 rings (SSSR count). The van der Waals surface area contributed by atoms with Crippen molar-refractivity contribution in [1.82, 2.24) is 0 Å². The first-order valence-corrected chi connectivity index (χ1v) is 8.42. The van der Waals surface area contributed by atoms with Crippen LogP contribution < -0.4 is 4.74 Å². The lowest BCUT2D eigenvalue weighted by Gasteiger charge is -2.47. The zero-order chi connectivity index (χ0) is 15.1. The van der Waals surface area contributed by atoms with Crippen LogP contribution in [0.1, 0.15) is 71.0 Å². The Morgan fingerprint density at radius 2 is 1.90 bits per heavy atom. The maximum absolute atomic E-state index is 10.5. The van der Waals surface area contributed by atoms with Crippen LogP contribution in [0.15, 0.2) is 24.3 Å². The van der Waals surface area contributed by atoms with Gasteiger partial charge in [-0.2, -0.15) is 0 Å². The van der Waals surface area contributed by atoms with E-state index in [0.717, 1.165) is 36.5 Å². The molecule has 2 aliphatic rings. The molecule has 0 saturated heterocycles. The number of hydrogen-bond acceptors (Lipinski definition) is 2. The Morgan fingerprint density at radius 3 is 2.57 bits per heavy atom. The molecule has 0 aromatic heterocycles. The second kappa shape index (κ2) is 5.31. The number of rotatable bonds is 2. The van der Waals surface area contributed by atoms with Crippen LogP contribution in [0.25, 0.3) is 0 Å². The van der Waals surface area contributed by atoms with Crippen molar-refractivity contribution < 1.29 is 9.84 Å². The second-order valence-electron chi connectivity index (χ2n) is 7.66. The number of fused-ring (bicyclic) bond motifs is 1. The molecule has 2 nitrogen and oxygen atoms in total. The van der Waals surface area contributed by atoms with Crippen LogP contribution in [0.5, 0.6) is 5.75 Å². The molecule has 1 spiro atoms. The molecule has 1 saturated carbocycles. The van der Waals surface area contributed by atoms with E-state index in [0.29, 0.717) is 5.41 Å². The van der Waals surface area contributed by atoms with Crippen molar-refractivity contribution in [3.8, 4) is 5.75 Å². The van der Waals surface area contributed by atoms with Crippen molar-refractivity contribution in [1.29, 1.82) is 0 Å². The topological polar surface area (TPSA) is 29.5 Å². The third-order valence-corrected chi connectivity index (χ3v) is 6.08. The first-order valence-electron chi connectivity index (χ1n) is 8.42. The van der Waals surface area contributed by atoms with E-state index in [1.165, 1.54) is 19.3 Å². The van der Waals surface area contributed by atoms with Gasteiger partial charge in [0.05, 0.1) is 6.10 Å². The van der Waals surface area contributed by atoms with Crippen molar-refractivity contribution >= 4 is 0 Å². The van der Waals surface area contributed by atoms with Gasteiger partial charge in [0.25, 0.3) is 0 Å². The van der Waals surface area contributed by atoms with Gasteiger partial charge in [-0.15, -0.1) is 0 Å². The summed E-state index contributed by atoms with van der Waals surface area (Å²) < 4.78 is 6.37. The van der Waals surface area contributed by atoms with Gasteiger partial charge < -0.3 is 9.84 Å². The Labute approximate surface area is 128 Å². The van der Waals surface area contributed by atoms with Crippen LogP contribution in [-0.4, -0.2) is 10.7 Å². The number of para-hydroxylation sites is 1. The molecule has 116 valence electrons. The first-order chi connectivity index (χ1) is 9.96. The molecule has 1 aromatic carbocycles. The van der Waals surface area contributed by atoms with E-state index < -0.39 is 0 Å². The summed E-state index contributed by atoms with van der Waals surface area (Å²) in [5.74, 6) is 1.68. The summed E-state index contributed by atoms with van der Waals surface area (Å²) in [7, 11) is 0. The quantitative estimate of drug-likeness (QED) is 0.841. The van der Waals surface area contributed by atoms with E-state index >= 15 is 0 Å². The Kier molecular flexibility index (Phi) is 3.77. The molecular weight excluding hydrogens is 260 g/mol. The molecule has 1 aliphatic heterocycles. The third-order valence-electron chi connectivity index (χ3n) is 6.08. The Morgan fingerprint density at radius 1 is 1.24 bits per heavy atom. The summed E-state index contributed by atoms with van der Waals surface area (Å²) in [4.78, 5) is 0. The summed E-state index contributed by atoms with van der Waals surface area (Å²) in [5.41, 5.74) is 1.25. The minimum Gasteiger partial charge on any atom is -0.487 e. The van der Waals surface area contributed by atoms with Crippen LogP contribution in [0, 0.1) is 11.3 Å². The summed E-state index contributed by atoms with van der Waals surface area (Å²) in [6, 6.07) is 7.96. The number of benzene rings is 1. The molecule has 1 aliphatic carbocycles. The minimum absolute atomic E-state index is 0.131. The lowest BCUT2D eigenvalue weighted by atomic mass is 9.65. The van der Waals surface area contributed by atoms with Crippen LogP contribution >= 0.6 is 0 Å². The van der Waals surface area contributed by atoms with E-state index in [1.807, 2.05) is 24.3 Å². The van der Waals surface area contributed by atoms with Crippen molar-refractivity contribution in [2.75, 3.05) is 0 Å². The normalized spacial score (nSPS) is 32.6. The van der Waals surface area contributed by atoms with Crippen molar-refractivity contribution in [2.24, 2.45) is 11.3 Å². The molecule has 21 heavy (non-hydrogen) atoms. The van der Waals surface area contributed by atoms with E-state index in [9.17, 15) is 5.11 Å². The molecule has 0 amide bonds. The van der Waals surface area contributed by atoms with Crippen LogP contribution in [-0.2, 0) is 0 Å². The smallest absolute Gasteiger partial charge is 0.125 e. The molecule has 1 heterocycles. The number of ether oxygens (including phenoxy) is 1.